The molecule has 0 radical (unpaired) electrons. The van der Waals surface area contributed by atoms with E-state index in [9.17, 15) is 9.59 Å². The second-order valence-electron chi connectivity index (χ2n) is 4.55. The monoisotopic (exact) mass is 276 g/mol. The predicted octanol–water partition coefficient (Wildman–Crippen LogP) is 1.93. The van der Waals surface area contributed by atoms with E-state index in [0.717, 1.165) is 6.42 Å². The Labute approximate surface area is 113 Å². The topological polar surface area (TPSA) is 78.4 Å². The van der Waals surface area contributed by atoms with E-state index in [1.165, 1.54) is 0 Å². The molecular weight excluding hydrogens is 252 g/mol. The number of aliphatic carboxylic acids is 1. The number of carboxylic acids is 1. The van der Waals surface area contributed by atoms with Gasteiger partial charge in [0.05, 0.1) is 0 Å². The summed E-state index contributed by atoms with van der Waals surface area (Å²) in [6.07, 6.45) is 3.17. The lowest BCUT2D eigenvalue weighted by Crippen LogP contribution is -2.50. The Morgan fingerprint density at radius 1 is 1.28 bits per heavy atom. The van der Waals surface area contributed by atoms with Crippen LogP contribution in [0.5, 0.6) is 0 Å². The summed E-state index contributed by atoms with van der Waals surface area (Å²) >= 11 is 1.56. The molecule has 0 bridgehead atoms. The maximum atomic E-state index is 11.7. The summed E-state index contributed by atoms with van der Waals surface area (Å²) < 4.78 is 0. The molecule has 0 aromatic heterocycles. The largest absolute Gasteiger partial charge is 0.480 e. The number of carboxylic acid groups (broad SMARTS) is 1. The molecule has 0 aliphatic rings. The molecule has 0 spiro atoms. The zero-order valence-corrected chi connectivity index (χ0v) is 12.3. The molecule has 0 aromatic carbocycles. The van der Waals surface area contributed by atoms with E-state index in [1.54, 1.807) is 11.8 Å². The molecule has 0 rings (SSSR count). The molecule has 106 valence electrons. The summed E-state index contributed by atoms with van der Waals surface area (Å²) in [5.41, 5.74) is 0. The molecular formula is C12H24N2O3S. The van der Waals surface area contributed by atoms with Gasteiger partial charge >= 0.3 is 12.0 Å². The molecule has 0 heterocycles. The van der Waals surface area contributed by atoms with Crippen molar-refractivity contribution in [1.29, 1.82) is 0 Å². The van der Waals surface area contributed by atoms with Gasteiger partial charge in [0.25, 0.3) is 0 Å². The van der Waals surface area contributed by atoms with E-state index >= 15 is 0 Å². The highest BCUT2D eigenvalue weighted by molar-refractivity contribution is 7.98. The summed E-state index contributed by atoms with van der Waals surface area (Å²) in [4.78, 5) is 22.7. The predicted molar refractivity (Wildman–Crippen MR) is 75.0 cm³/mol. The summed E-state index contributed by atoms with van der Waals surface area (Å²) in [7, 11) is 0. The first-order valence-corrected chi connectivity index (χ1v) is 7.60. The molecule has 3 N–H and O–H groups in total. The molecule has 0 aliphatic carbocycles. The maximum Gasteiger partial charge on any atom is 0.326 e. The molecule has 0 aliphatic heterocycles. The van der Waals surface area contributed by atoms with Crippen molar-refractivity contribution in [1.82, 2.24) is 10.6 Å². The van der Waals surface area contributed by atoms with Crippen molar-refractivity contribution < 1.29 is 14.7 Å². The van der Waals surface area contributed by atoms with Crippen LogP contribution in [0.1, 0.15) is 33.6 Å². The Morgan fingerprint density at radius 3 is 2.28 bits per heavy atom. The van der Waals surface area contributed by atoms with Gasteiger partial charge in [0.1, 0.15) is 6.04 Å². The van der Waals surface area contributed by atoms with Gasteiger partial charge in [0, 0.05) is 6.04 Å². The van der Waals surface area contributed by atoms with Crippen molar-refractivity contribution in [3.05, 3.63) is 0 Å². The van der Waals surface area contributed by atoms with Gasteiger partial charge in [-0.1, -0.05) is 20.8 Å². The van der Waals surface area contributed by atoms with Gasteiger partial charge in [-0.15, -0.1) is 0 Å². The third kappa shape index (κ3) is 6.74. The fourth-order valence-corrected chi connectivity index (χ4v) is 2.07. The lowest BCUT2D eigenvalue weighted by Gasteiger charge is -2.22. The van der Waals surface area contributed by atoms with Crippen LogP contribution in [0.2, 0.25) is 0 Å². The third-order valence-electron chi connectivity index (χ3n) is 2.78. The molecule has 18 heavy (non-hydrogen) atoms. The average Bonchev–Trinajstić information content (AvgIpc) is 2.30. The molecule has 0 aromatic rings. The first-order chi connectivity index (χ1) is 8.42. The van der Waals surface area contributed by atoms with Crippen LogP contribution < -0.4 is 10.6 Å². The highest BCUT2D eigenvalue weighted by atomic mass is 32.2. The minimum atomic E-state index is -0.989. The second-order valence-corrected chi connectivity index (χ2v) is 5.53. The molecule has 1 unspecified atom stereocenters. The average molecular weight is 276 g/mol. The van der Waals surface area contributed by atoms with Crippen molar-refractivity contribution in [2.24, 2.45) is 5.92 Å². The van der Waals surface area contributed by atoms with Crippen LogP contribution in [0.15, 0.2) is 0 Å². The molecule has 2 amide bonds. The number of hydrogen-bond donors (Lipinski definition) is 3. The minimum absolute atomic E-state index is 0.0694. The number of urea groups is 1. The van der Waals surface area contributed by atoms with Crippen LogP contribution in [0, 0.1) is 5.92 Å². The minimum Gasteiger partial charge on any atom is -0.480 e. The molecule has 0 saturated heterocycles. The number of nitrogens with one attached hydrogen (secondary N) is 2. The van der Waals surface area contributed by atoms with E-state index in [2.05, 4.69) is 10.6 Å². The number of hydrogen-bond acceptors (Lipinski definition) is 3. The van der Waals surface area contributed by atoms with Gasteiger partial charge < -0.3 is 15.7 Å². The molecule has 0 saturated carbocycles. The summed E-state index contributed by atoms with van der Waals surface area (Å²) in [6.45, 7) is 6.04. The number of thioether (sulfide) groups is 1. The Kier molecular flexibility index (Phi) is 8.62. The maximum absolute atomic E-state index is 11.7. The Bertz CT molecular complexity index is 272. The highest BCUT2D eigenvalue weighted by Crippen LogP contribution is 2.05. The first kappa shape index (κ1) is 17.1. The van der Waals surface area contributed by atoms with Crippen molar-refractivity contribution in [2.45, 2.75) is 45.7 Å². The zero-order valence-electron chi connectivity index (χ0n) is 11.5. The zero-order chi connectivity index (χ0) is 14.1. The van der Waals surface area contributed by atoms with E-state index in [4.69, 9.17) is 5.11 Å². The van der Waals surface area contributed by atoms with Gasteiger partial charge in [-0.05, 0) is 30.8 Å². The Balaban J connectivity index is 4.28. The van der Waals surface area contributed by atoms with E-state index in [0.29, 0.717) is 18.1 Å². The fraction of sp³-hybridized carbons (Fsp3) is 0.833. The smallest absolute Gasteiger partial charge is 0.326 e. The third-order valence-corrected chi connectivity index (χ3v) is 3.42. The lowest BCUT2D eigenvalue weighted by atomic mass is 10.0. The number of carbonyl (C=O) groups excluding carboxylic acids is 1. The van der Waals surface area contributed by atoms with Gasteiger partial charge in [0.2, 0.25) is 0 Å². The van der Waals surface area contributed by atoms with Gasteiger partial charge in [-0.3, -0.25) is 0 Å². The summed E-state index contributed by atoms with van der Waals surface area (Å²) in [5, 5.41) is 14.3. The SMILES string of the molecule is CCC(NC(=O)N[C@H](CCSC)C(=O)O)C(C)C. The second kappa shape index (κ2) is 9.08. The highest BCUT2D eigenvalue weighted by Gasteiger charge is 2.21. The van der Waals surface area contributed by atoms with Crippen molar-refractivity contribution in [3.63, 3.8) is 0 Å². The molecule has 2 atom stereocenters. The quantitative estimate of drug-likeness (QED) is 0.633. The Hall–Kier alpha value is -0.910. The van der Waals surface area contributed by atoms with Crippen LogP contribution in [0.3, 0.4) is 0 Å². The van der Waals surface area contributed by atoms with Gasteiger partial charge in [-0.2, -0.15) is 11.8 Å². The Morgan fingerprint density at radius 2 is 1.89 bits per heavy atom. The molecule has 5 nitrogen and oxygen atoms in total. The van der Waals surface area contributed by atoms with Crippen molar-refractivity contribution in [2.75, 3.05) is 12.0 Å². The number of amides is 2. The van der Waals surface area contributed by atoms with E-state index in [-0.39, 0.29) is 6.04 Å². The van der Waals surface area contributed by atoms with Crippen molar-refractivity contribution >= 4 is 23.8 Å². The summed E-state index contributed by atoms with van der Waals surface area (Å²) in [6, 6.07) is -1.15. The summed E-state index contributed by atoms with van der Waals surface area (Å²) in [5.74, 6) is 0.0468. The van der Waals surface area contributed by atoms with E-state index < -0.39 is 18.0 Å². The van der Waals surface area contributed by atoms with Crippen LogP contribution >= 0.6 is 11.8 Å². The van der Waals surface area contributed by atoms with Crippen LogP contribution in [0.4, 0.5) is 4.79 Å². The van der Waals surface area contributed by atoms with Gasteiger partial charge in [0.15, 0.2) is 0 Å². The van der Waals surface area contributed by atoms with Crippen LogP contribution in [0.25, 0.3) is 0 Å². The number of carbonyl (C=O) groups is 2. The first-order valence-electron chi connectivity index (χ1n) is 6.21. The van der Waals surface area contributed by atoms with Gasteiger partial charge in [-0.25, -0.2) is 9.59 Å². The molecule has 6 heteroatoms. The van der Waals surface area contributed by atoms with E-state index in [1.807, 2.05) is 27.0 Å². The fourth-order valence-electron chi connectivity index (χ4n) is 1.60. The van der Waals surface area contributed by atoms with Crippen LogP contribution in [-0.2, 0) is 4.79 Å². The van der Waals surface area contributed by atoms with Crippen molar-refractivity contribution in [3.8, 4) is 0 Å². The normalized spacial score (nSPS) is 14.1. The lowest BCUT2D eigenvalue weighted by molar-refractivity contribution is -0.139. The standard InChI is InChI=1S/C12H24N2O3S/c1-5-9(8(2)3)13-12(17)14-10(11(15)16)6-7-18-4/h8-10H,5-7H2,1-4H3,(H,15,16)(H2,13,14,17)/t9?,10-/m1/s1. The molecule has 0 fully saturated rings. The van der Waals surface area contributed by atoms with Crippen LogP contribution in [-0.4, -0.2) is 41.2 Å². The number of rotatable bonds is 8.